The molecule has 3 heteroatoms. The first kappa shape index (κ1) is 7.68. The van der Waals surface area contributed by atoms with Crippen molar-refractivity contribution in [2.45, 2.75) is 25.4 Å². The number of carbonyl (C=O) groups excluding carboxylic acids is 2. The van der Waals surface area contributed by atoms with E-state index in [-0.39, 0.29) is 47.8 Å². The minimum atomic E-state index is -0.372. The van der Waals surface area contributed by atoms with Crippen molar-refractivity contribution in [3.63, 3.8) is 0 Å². The summed E-state index contributed by atoms with van der Waals surface area (Å²) in [5.74, 6) is 0.160. The second-order valence-corrected chi connectivity index (χ2v) is 4.56. The molecule has 0 aliphatic heterocycles. The number of hydrogen-bond donors (Lipinski definition) is 1. The van der Waals surface area contributed by atoms with Gasteiger partial charge >= 0.3 is 0 Å². The Morgan fingerprint density at radius 1 is 1.00 bits per heavy atom. The first-order valence-corrected chi connectivity index (χ1v) is 4.93. The van der Waals surface area contributed by atoms with Crippen LogP contribution in [0.15, 0.2) is 0 Å². The lowest BCUT2D eigenvalue weighted by Crippen LogP contribution is -2.24. The first-order valence-electron chi connectivity index (χ1n) is 4.93. The van der Waals surface area contributed by atoms with E-state index in [1.54, 1.807) is 0 Å². The number of Topliss-reactive ketones (excluding diaryl/α,β-unsaturated/α-hetero) is 2. The molecule has 3 aliphatic carbocycles. The number of fused-ring (bicyclic) bond motifs is 5. The maximum absolute atomic E-state index is 11.5. The largest absolute Gasteiger partial charge is 0.393 e. The maximum atomic E-state index is 11.5. The highest BCUT2D eigenvalue weighted by Crippen LogP contribution is 2.56. The second-order valence-electron chi connectivity index (χ2n) is 4.56. The van der Waals surface area contributed by atoms with Crippen LogP contribution < -0.4 is 0 Å². The maximum Gasteiger partial charge on any atom is 0.144 e. The van der Waals surface area contributed by atoms with E-state index in [1.165, 1.54) is 0 Å². The Morgan fingerprint density at radius 3 is 1.92 bits per heavy atom. The lowest BCUT2D eigenvalue weighted by Gasteiger charge is -2.20. The summed E-state index contributed by atoms with van der Waals surface area (Å²) in [7, 11) is 0. The highest BCUT2D eigenvalue weighted by atomic mass is 16.3. The van der Waals surface area contributed by atoms with E-state index in [0.29, 0.717) is 0 Å². The van der Waals surface area contributed by atoms with Crippen LogP contribution in [0.25, 0.3) is 0 Å². The molecule has 3 saturated carbocycles. The van der Waals surface area contributed by atoms with Crippen LogP contribution in [-0.4, -0.2) is 22.8 Å². The minimum absolute atomic E-state index is 0.0845. The Labute approximate surface area is 76.1 Å². The van der Waals surface area contributed by atoms with Gasteiger partial charge < -0.3 is 5.11 Å². The molecule has 0 aromatic heterocycles. The average Bonchev–Trinajstić information content (AvgIpc) is 2.67. The molecule has 0 heterocycles. The summed E-state index contributed by atoms with van der Waals surface area (Å²) in [5, 5.41) is 9.77. The fourth-order valence-corrected chi connectivity index (χ4v) is 3.65. The van der Waals surface area contributed by atoms with Crippen molar-refractivity contribution in [3.05, 3.63) is 0 Å². The summed E-state index contributed by atoms with van der Waals surface area (Å²) >= 11 is 0. The summed E-state index contributed by atoms with van der Waals surface area (Å²) in [6.45, 7) is 0. The van der Waals surface area contributed by atoms with Gasteiger partial charge in [-0.25, -0.2) is 0 Å². The molecular formula is C10H12O3. The molecule has 3 fully saturated rings. The van der Waals surface area contributed by atoms with Crippen LogP contribution >= 0.6 is 0 Å². The lowest BCUT2D eigenvalue weighted by molar-refractivity contribution is -0.124. The van der Waals surface area contributed by atoms with Crippen molar-refractivity contribution < 1.29 is 14.7 Å². The highest BCUT2D eigenvalue weighted by Gasteiger charge is 2.61. The van der Waals surface area contributed by atoms with E-state index < -0.39 is 0 Å². The third-order valence-corrected chi connectivity index (χ3v) is 4.11. The Hall–Kier alpha value is -0.700. The molecule has 0 saturated heterocycles. The molecule has 3 rings (SSSR count). The molecule has 70 valence electrons. The van der Waals surface area contributed by atoms with Crippen LogP contribution in [0, 0.1) is 23.7 Å². The average molecular weight is 180 g/mol. The normalized spacial score (nSPS) is 53.2. The Bertz CT molecular complexity index is 269. The number of carbonyl (C=O) groups is 2. The number of hydrogen-bond acceptors (Lipinski definition) is 3. The summed E-state index contributed by atoms with van der Waals surface area (Å²) in [6.07, 6.45) is 1.63. The van der Waals surface area contributed by atoms with Gasteiger partial charge in [-0.3, -0.25) is 9.59 Å². The standard InChI is InChI=1S/C10H12O3/c11-6-3-7(12)9-5-2-1-4(8(6)9)10(5)13/h4-5,8-10,13H,1-3H2. The third kappa shape index (κ3) is 0.742. The van der Waals surface area contributed by atoms with Crippen LogP contribution in [0.4, 0.5) is 0 Å². The van der Waals surface area contributed by atoms with Gasteiger partial charge in [-0.05, 0) is 24.7 Å². The predicted octanol–water partition coefficient (Wildman–Crippen LogP) is 0.161. The van der Waals surface area contributed by atoms with Crippen LogP contribution in [-0.2, 0) is 9.59 Å². The Kier molecular flexibility index (Phi) is 1.30. The molecule has 13 heavy (non-hydrogen) atoms. The van der Waals surface area contributed by atoms with Crippen molar-refractivity contribution in [1.82, 2.24) is 0 Å². The van der Waals surface area contributed by atoms with Gasteiger partial charge in [0.25, 0.3) is 0 Å². The fraction of sp³-hybridized carbons (Fsp3) is 0.800. The third-order valence-electron chi connectivity index (χ3n) is 4.11. The van der Waals surface area contributed by atoms with Gasteiger partial charge in [-0.2, -0.15) is 0 Å². The highest BCUT2D eigenvalue weighted by molar-refractivity contribution is 6.09. The topological polar surface area (TPSA) is 54.4 Å². The first-order chi connectivity index (χ1) is 6.20. The summed E-state index contributed by atoms with van der Waals surface area (Å²) in [6, 6.07) is 0. The van der Waals surface area contributed by atoms with Crippen LogP contribution in [0.2, 0.25) is 0 Å². The van der Waals surface area contributed by atoms with Crippen molar-refractivity contribution >= 4 is 11.6 Å². The summed E-state index contributed by atoms with van der Waals surface area (Å²) in [5.41, 5.74) is 0. The van der Waals surface area contributed by atoms with Crippen molar-refractivity contribution in [1.29, 1.82) is 0 Å². The van der Waals surface area contributed by atoms with E-state index in [0.717, 1.165) is 12.8 Å². The van der Waals surface area contributed by atoms with E-state index in [4.69, 9.17) is 0 Å². The second kappa shape index (κ2) is 2.21. The number of aliphatic hydroxyl groups is 1. The molecule has 1 N–H and O–H groups in total. The SMILES string of the molecule is O=C1CC(=O)C2C3CCC(C3O)C12. The van der Waals surface area contributed by atoms with Crippen LogP contribution in [0.1, 0.15) is 19.3 Å². The minimum Gasteiger partial charge on any atom is -0.393 e. The molecule has 0 aromatic rings. The molecule has 0 aromatic carbocycles. The van der Waals surface area contributed by atoms with E-state index in [9.17, 15) is 14.7 Å². The molecule has 0 spiro atoms. The van der Waals surface area contributed by atoms with Gasteiger partial charge in [-0.1, -0.05) is 0 Å². The predicted molar refractivity (Wildman–Crippen MR) is 43.8 cm³/mol. The van der Waals surface area contributed by atoms with Gasteiger partial charge in [0.15, 0.2) is 0 Å². The number of ketones is 2. The summed E-state index contributed by atoms with van der Waals surface area (Å²) in [4.78, 5) is 22.9. The van der Waals surface area contributed by atoms with Gasteiger partial charge in [0, 0.05) is 11.8 Å². The monoisotopic (exact) mass is 180 g/mol. The quantitative estimate of drug-likeness (QED) is 0.540. The molecule has 4 unspecified atom stereocenters. The molecule has 2 bridgehead atoms. The Balaban J connectivity index is 2.04. The van der Waals surface area contributed by atoms with E-state index >= 15 is 0 Å². The lowest BCUT2D eigenvalue weighted by atomic mass is 9.81. The smallest absolute Gasteiger partial charge is 0.144 e. The van der Waals surface area contributed by atoms with Crippen molar-refractivity contribution in [2.75, 3.05) is 0 Å². The number of rotatable bonds is 0. The zero-order chi connectivity index (χ0) is 9.16. The molecule has 3 nitrogen and oxygen atoms in total. The summed E-state index contributed by atoms with van der Waals surface area (Å²) < 4.78 is 0. The van der Waals surface area contributed by atoms with Gasteiger partial charge in [-0.15, -0.1) is 0 Å². The van der Waals surface area contributed by atoms with Crippen LogP contribution in [0.3, 0.4) is 0 Å². The van der Waals surface area contributed by atoms with Crippen LogP contribution in [0.5, 0.6) is 0 Å². The van der Waals surface area contributed by atoms with E-state index in [2.05, 4.69) is 0 Å². The molecule has 4 atom stereocenters. The Morgan fingerprint density at radius 2 is 1.46 bits per heavy atom. The molecular weight excluding hydrogens is 168 g/mol. The van der Waals surface area contributed by atoms with Gasteiger partial charge in [0.1, 0.15) is 11.6 Å². The van der Waals surface area contributed by atoms with Crippen molar-refractivity contribution in [2.24, 2.45) is 23.7 Å². The van der Waals surface area contributed by atoms with Gasteiger partial charge in [0.2, 0.25) is 0 Å². The van der Waals surface area contributed by atoms with Crippen molar-refractivity contribution in [3.8, 4) is 0 Å². The zero-order valence-electron chi connectivity index (χ0n) is 7.27. The fourth-order valence-electron chi connectivity index (χ4n) is 3.65. The van der Waals surface area contributed by atoms with Gasteiger partial charge in [0.05, 0.1) is 12.5 Å². The zero-order valence-corrected chi connectivity index (χ0v) is 7.27. The van der Waals surface area contributed by atoms with E-state index in [1.807, 2.05) is 0 Å². The molecule has 3 aliphatic rings. The molecule has 0 amide bonds. The molecule has 0 radical (unpaired) electrons. The number of aliphatic hydroxyl groups excluding tert-OH is 1.